The number of imide groups is 1. The van der Waals surface area contributed by atoms with E-state index >= 15 is 0 Å². The maximum atomic E-state index is 12.9. The van der Waals surface area contributed by atoms with Gasteiger partial charge in [-0.15, -0.1) is 0 Å². The average molecular weight is 412 g/mol. The zero-order valence-corrected chi connectivity index (χ0v) is 18.2. The lowest BCUT2D eigenvalue weighted by molar-refractivity contribution is -0.134. The lowest BCUT2D eigenvalue weighted by Gasteiger charge is -2.23. The SMILES string of the molecule is CC(C)c1ccc(CN(C(=O)CCCN2C(=O)NC3(CCCC3)C2=O)C2CC2)cc1. The summed E-state index contributed by atoms with van der Waals surface area (Å²) in [6.07, 6.45) is 6.43. The van der Waals surface area contributed by atoms with E-state index in [1.165, 1.54) is 10.5 Å². The van der Waals surface area contributed by atoms with E-state index in [2.05, 4.69) is 43.4 Å². The van der Waals surface area contributed by atoms with E-state index in [1.807, 2.05) is 4.90 Å². The van der Waals surface area contributed by atoms with Crippen molar-refractivity contribution in [3.8, 4) is 0 Å². The Balaban J connectivity index is 1.31. The van der Waals surface area contributed by atoms with E-state index in [-0.39, 0.29) is 17.8 Å². The summed E-state index contributed by atoms with van der Waals surface area (Å²) in [5.41, 5.74) is 1.79. The monoisotopic (exact) mass is 411 g/mol. The Labute approximate surface area is 179 Å². The predicted octanol–water partition coefficient (Wildman–Crippen LogP) is 3.95. The van der Waals surface area contributed by atoms with E-state index in [4.69, 9.17) is 0 Å². The number of nitrogens with zero attached hydrogens (tertiary/aromatic N) is 2. The van der Waals surface area contributed by atoms with Crippen LogP contribution in [-0.2, 0) is 16.1 Å². The number of urea groups is 1. The lowest BCUT2D eigenvalue weighted by Crippen LogP contribution is -2.44. The van der Waals surface area contributed by atoms with Gasteiger partial charge in [-0.25, -0.2) is 4.79 Å². The molecule has 2 aliphatic carbocycles. The van der Waals surface area contributed by atoms with Crippen molar-refractivity contribution >= 4 is 17.8 Å². The first-order valence-corrected chi connectivity index (χ1v) is 11.4. The molecule has 3 aliphatic rings. The molecule has 1 saturated heterocycles. The molecule has 1 aromatic rings. The maximum Gasteiger partial charge on any atom is 0.325 e. The van der Waals surface area contributed by atoms with E-state index in [9.17, 15) is 14.4 Å². The Morgan fingerprint density at radius 1 is 1.17 bits per heavy atom. The van der Waals surface area contributed by atoms with Crippen molar-refractivity contribution in [2.75, 3.05) is 6.54 Å². The molecule has 3 fully saturated rings. The molecule has 4 amide bonds. The molecule has 1 N–H and O–H groups in total. The van der Waals surface area contributed by atoms with Crippen LogP contribution in [0.3, 0.4) is 0 Å². The van der Waals surface area contributed by atoms with Gasteiger partial charge >= 0.3 is 6.03 Å². The predicted molar refractivity (Wildman–Crippen MR) is 115 cm³/mol. The topological polar surface area (TPSA) is 69.7 Å². The van der Waals surface area contributed by atoms with Crippen LogP contribution in [0, 0.1) is 0 Å². The molecule has 4 rings (SSSR count). The summed E-state index contributed by atoms with van der Waals surface area (Å²) in [5, 5.41) is 2.91. The highest BCUT2D eigenvalue weighted by Gasteiger charge is 2.52. The first-order chi connectivity index (χ1) is 14.4. The number of benzene rings is 1. The molecular weight excluding hydrogens is 378 g/mol. The van der Waals surface area contributed by atoms with Gasteiger partial charge in [0.1, 0.15) is 5.54 Å². The van der Waals surface area contributed by atoms with Gasteiger partial charge in [0, 0.05) is 25.6 Å². The Morgan fingerprint density at radius 3 is 2.43 bits per heavy atom. The summed E-state index contributed by atoms with van der Waals surface area (Å²) >= 11 is 0. The third-order valence-corrected chi connectivity index (χ3v) is 6.78. The minimum atomic E-state index is -0.663. The zero-order chi connectivity index (χ0) is 21.3. The van der Waals surface area contributed by atoms with E-state index in [0.717, 1.165) is 44.1 Å². The van der Waals surface area contributed by atoms with Gasteiger partial charge in [0.05, 0.1) is 0 Å². The zero-order valence-electron chi connectivity index (χ0n) is 18.2. The van der Waals surface area contributed by atoms with Crippen molar-refractivity contribution in [2.45, 2.75) is 89.3 Å². The number of carbonyl (C=O) groups excluding carboxylic acids is 3. The number of amides is 4. The number of hydrogen-bond donors (Lipinski definition) is 1. The summed E-state index contributed by atoms with van der Waals surface area (Å²) < 4.78 is 0. The molecule has 0 aromatic heterocycles. The van der Waals surface area contributed by atoms with Crippen LogP contribution in [0.1, 0.15) is 82.3 Å². The summed E-state index contributed by atoms with van der Waals surface area (Å²) in [7, 11) is 0. The van der Waals surface area contributed by atoms with Crippen LogP contribution in [0.4, 0.5) is 4.79 Å². The summed E-state index contributed by atoms with van der Waals surface area (Å²) in [5.74, 6) is 0.517. The molecule has 6 nitrogen and oxygen atoms in total. The van der Waals surface area contributed by atoms with Gasteiger partial charge in [-0.2, -0.15) is 0 Å². The average Bonchev–Trinajstić information content (AvgIpc) is 3.41. The normalized spacial score (nSPS) is 20.3. The van der Waals surface area contributed by atoms with Crippen molar-refractivity contribution in [1.29, 1.82) is 0 Å². The van der Waals surface area contributed by atoms with Crippen molar-refractivity contribution in [3.05, 3.63) is 35.4 Å². The Bertz CT molecular complexity index is 807. The standard InChI is InChI=1S/C24H33N3O3/c1-17(2)19-9-7-18(8-10-19)16-27(20-11-12-20)21(28)6-5-15-26-22(29)24(25-23(26)30)13-3-4-14-24/h7-10,17,20H,3-6,11-16H2,1-2H3,(H,25,30). The molecule has 0 unspecified atom stereocenters. The Kier molecular flexibility index (Phi) is 5.85. The van der Waals surface area contributed by atoms with Crippen molar-refractivity contribution in [1.82, 2.24) is 15.1 Å². The van der Waals surface area contributed by atoms with Crippen LogP contribution in [0.5, 0.6) is 0 Å². The van der Waals surface area contributed by atoms with Crippen LogP contribution >= 0.6 is 0 Å². The van der Waals surface area contributed by atoms with Crippen LogP contribution in [0.25, 0.3) is 0 Å². The van der Waals surface area contributed by atoms with Crippen LogP contribution < -0.4 is 5.32 Å². The van der Waals surface area contributed by atoms with Gasteiger partial charge in [0.2, 0.25) is 5.91 Å². The van der Waals surface area contributed by atoms with E-state index < -0.39 is 5.54 Å². The highest BCUT2D eigenvalue weighted by molar-refractivity contribution is 6.07. The fourth-order valence-electron chi connectivity index (χ4n) is 4.74. The molecule has 1 aliphatic heterocycles. The van der Waals surface area contributed by atoms with Gasteiger partial charge in [-0.1, -0.05) is 51.0 Å². The molecule has 0 radical (unpaired) electrons. The first-order valence-electron chi connectivity index (χ1n) is 11.4. The van der Waals surface area contributed by atoms with Gasteiger partial charge < -0.3 is 10.2 Å². The van der Waals surface area contributed by atoms with Crippen molar-refractivity contribution in [3.63, 3.8) is 0 Å². The minimum Gasteiger partial charge on any atom is -0.335 e. The van der Waals surface area contributed by atoms with Crippen LogP contribution in [0.2, 0.25) is 0 Å². The molecule has 2 saturated carbocycles. The lowest BCUT2D eigenvalue weighted by atomic mass is 9.98. The minimum absolute atomic E-state index is 0.0956. The number of rotatable bonds is 8. The highest BCUT2D eigenvalue weighted by atomic mass is 16.2. The highest BCUT2D eigenvalue weighted by Crippen LogP contribution is 2.35. The molecule has 1 heterocycles. The van der Waals surface area contributed by atoms with Crippen molar-refractivity contribution < 1.29 is 14.4 Å². The molecule has 1 spiro atoms. The fraction of sp³-hybridized carbons (Fsp3) is 0.625. The second kappa shape index (κ2) is 8.40. The van der Waals surface area contributed by atoms with Gasteiger partial charge in [0.15, 0.2) is 0 Å². The summed E-state index contributed by atoms with van der Waals surface area (Å²) in [4.78, 5) is 41.2. The maximum absolute atomic E-state index is 12.9. The largest absolute Gasteiger partial charge is 0.335 e. The summed E-state index contributed by atoms with van der Waals surface area (Å²) in [6.45, 7) is 5.30. The van der Waals surface area contributed by atoms with Gasteiger partial charge in [-0.3, -0.25) is 14.5 Å². The molecule has 162 valence electrons. The Hall–Kier alpha value is -2.37. The molecule has 1 aromatic carbocycles. The number of nitrogens with one attached hydrogen (secondary N) is 1. The van der Waals surface area contributed by atoms with Gasteiger partial charge in [0.25, 0.3) is 5.91 Å². The second-order valence-electron chi connectivity index (χ2n) is 9.43. The molecule has 0 atom stereocenters. The van der Waals surface area contributed by atoms with E-state index in [0.29, 0.717) is 37.9 Å². The van der Waals surface area contributed by atoms with Gasteiger partial charge in [-0.05, 0) is 49.1 Å². The third-order valence-electron chi connectivity index (χ3n) is 6.78. The quantitative estimate of drug-likeness (QED) is 0.659. The smallest absolute Gasteiger partial charge is 0.325 e. The third kappa shape index (κ3) is 4.23. The molecule has 6 heteroatoms. The fourth-order valence-corrected chi connectivity index (χ4v) is 4.74. The number of carbonyl (C=O) groups is 3. The number of hydrogen-bond acceptors (Lipinski definition) is 3. The van der Waals surface area contributed by atoms with Crippen molar-refractivity contribution in [2.24, 2.45) is 0 Å². The Morgan fingerprint density at radius 2 is 1.83 bits per heavy atom. The molecular formula is C24H33N3O3. The van der Waals surface area contributed by atoms with E-state index in [1.54, 1.807) is 0 Å². The molecule has 0 bridgehead atoms. The van der Waals surface area contributed by atoms with Crippen LogP contribution in [0.15, 0.2) is 24.3 Å². The second-order valence-corrected chi connectivity index (χ2v) is 9.43. The first kappa shape index (κ1) is 20.9. The molecule has 30 heavy (non-hydrogen) atoms. The summed E-state index contributed by atoms with van der Waals surface area (Å²) in [6, 6.07) is 8.57. The van der Waals surface area contributed by atoms with Crippen LogP contribution in [-0.4, -0.2) is 45.8 Å².